The molecular formula is C19H22FN3O3. The summed E-state index contributed by atoms with van der Waals surface area (Å²) in [5.41, 5.74) is 0.496. The van der Waals surface area contributed by atoms with E-state index in [4.69, 9.17) is 9.26 Å². The number of carbonyl (C=O) groups is 1. The first-order valence-corrected chi connectivity index (χ1v) is 9.12. The number of methoxy groups -OCH3 is 1. The maximum Gasteiger partial charge on any atom is 0.258 e. The van der Waals surface area contributed by atoms with Crippen molar-refractivity contribution in [3.63, 3.8) is 0 Å². The topological polar surface area (TPSA) is 68.5 Å². The molecule has 0 N–H and O–H groups in total. The quantitative estimate of drug-likeness (QED) is 0.835. The van der Waals surface area contributed by atoms with E-state index in [1.165, 1.54) is 38.5 Å². The molecule has 4 rings (SSSR count). The lowest BCUT2D eigenvalue weighted by Crippen LogP contribution is -2.37. The zero-order valence-corrected chi connectivity index (χ0v) is 14.8. The third-order valence-corrected chi connectivity index (χ3v) is 5.38. The van der Waals surface area contributed by atoms with Crippen molar-refractivity contribution >= 4 is 5.91 Å². The third kappa shape index (κ3) is 3.18. The van der Waals surface area contributed by atoms with Crippen LogP contribution in [-0.4, -0.2) is 40.6 Å². The Morgan fingerprint density at radius 2 is 2.08 bits per heavy atom. The van der Waals surface area contributed by atoms with Gasteiger partial charge in [0, 0.05) is 30.5 Å². The summed E-state index contributed by atoms with van der Waals surface area (Å²) in [6.07, 6.45) is 6.21. The van der Waals surface area contributed by atoms with E-state index in [-0.39, 0.29) is 23.5 Å². The molecule has 6 nitrogen and oxygen atoms in total. The number of likely N-dealkylation sites (tertiary alicyclic amines) is 1. The van der Waals surface area contributed by atoms with Gasteiger partial charge in [0.2, 0.25) is 5.91 Å². The zero-order valence-electron chi connectivity index (χ0n) is 14.8. The summed E-state index contributed by atoms with van der Waals surface area (Å²) < 4.78 is 24.1. The molecule has 1 aromatic heterocycles. The van der Waals surface area contributed by atoms with Gasteiger partial charge in [-0.3, -0.25) is 4.79 Å². The normalized spacial score (nSPS) is 21.4. The van der Waals surface area contributed by atoms with Gasteiger partial charge in [-0.25, -0.2) is 4.39 Å². The van der Waals surface area contributed by atoms with Crippen LogP contribution in [0, 0.1) is 5.82 Å². The molecule has 1 saturated heterocycles. The SMILES string of the molecule is COc1ccc(-c2nc([C@H]3CC(=O)N(C4CCCCC4)C3)no2)cc1F. The second-order valence-corrected chi connectivity index (χ2v) is 7.05. The molecule has 2 aliphatic rings. The Labute approximate surface area is 151 Å². The van der Waals surface area contributed by atoms with Gasteiger partial charge in [-0.2, -0.15) is 4.98 Å². The second-order valence-electron chi connectivity index (χ2n) is 7.05. The van der Waals surface area contributed by atoms with Crippen molar-refractivity contribution in [2.45, 2.75) is 50.5 Å². The fourth-order valence-electron chi connectivity index (χ4n) is 3.97. The van der Waals surface area contributed by atoms with Gasteiger partial charge in [0.25, 0.3) is 5.89 Å². The molecule has 1 aromatic carbocycles. The maximum atomic E-state index is 13.9. The predicted octanol–water partition coefficient (Wildman–Crippen LogP) is 3.53. The van der Waals surface area contributed by atoms with Gasteiger partial charge in [-0.05, 0) is 31.0 Å². The largest absolute Gasteiger partial charge is 0.494 e. The highest BCUT2D eigenvalue weighted by atomic mass is 19.1. The lowest BCUT2D eigenvalue weighted by Gasteiger charge is -2.31. The Balaban J connectivity index is 1.49. The second kappa shape index (κ2) is 7.05. The molecule has 1 aliphatic carbocycles. The van der Waals surface area contributed by atoms with Crippen LogP contribution < -0.4 is 4.74 Å². The molecular weight excluding hydrogens is 337 g/mol. The van der Waals surface area contributed by atoms with Crippen LogP contribution in [0.4, 0.5) is 4.39 Å². The Morgan fingerprint density at radius 1 is 1.27 bits per heavy atom. The Bertz CT molecular complexity index is 801. The molecule has 7 heteroatoms. The lowest BCUT2D eigenvalue weighted by molar-refractivity contribution is -0.130. The van der Waals surface area contributed by atoms with E-state index < -0.39 is 5.82 Å². The number of aromatic nitrogens is 2. The first-order chi connectivity index (χ1) is 12.7. The number of halogens is 1. The fraction of sp³-hybridized carbons (Fsp3) is 0.526. The first-order valence-electron chi connectivity index (χ1n) is 9.12. The van der Waals surface area contributed by atoms with Crippen LogP contribution >= 0.6 is 0 Å². The van der Waals surface area contributed by atoms with E-state index in [2.05, 4.69) is 10.1 Å². The number of rotatable bonds is 4. The molecule has 138 valence electrons. The molecule has 0 bridgehead atoms. The van der Waals surface area contributed by atoms with Gasteiger partial charge < -0.3 is 14.2 Å². The van der Waals surface area contributed by atoms with Gasteiger partial charge in [-0.15, -0.1) is 0 Å². The molecule has 2 fully saturated rings. The standard InChI is InChI=1S/C19H22FN3O3/c1-25-16-8-7-12(9-15(16)20)19-21-18(22-26-19)13-10-17(24)23(11-13)14-5-3-2-4-6-14/h7-9,13-14H,2-6,10-11H2,1H3/t13-/m0/s1. The Kier molecular flexibility index (Phi) is 4.61. The number of hydrogen-bond donors (Lipinski definition) is 0. The van der Waals surface area contributed by atoms with Crippen LogP contribution in [0.3, 0.4) is 0 Å². The van der Waals surface area contributed by atoms with E-state index in [1.54, 1.807) is 6.07 Å². The number of amides is 1. The van der Waals surface area contributed by atoms with Crippen LogP contribution in [0.5, 0.6) is 5.75 Å². The molecule has 1 aliphatic heterocycles. The van der Waals surface area contributed by atoms with Crippen molar-refractivity contribution in [3.05, 3.63) is 29.8 Å². The maximum absolute atomic E-state index is 13.9. The van der Waals surface area contributed by atoms with Crippen LogP contribution in [-0.2, 0) is 4.79 Å². The third-order valence-electron chi connectivity index (χ3n) is 5.38. The zero-order chi connectivity index (χ0) is 18.1. The van der Waals surface area contributed by atoms with Gasteiger partial charge in [0.1, 0.15) is 0 Å². The molecule has 0 radical (unpaired) electrons. The van der Waals surface area contributed by atoms with Gasteiger partial charge in [0.05, 0.1) is 7.11 Å². The van der Waals surface area contributed by atoms with E-state index in [9.17, 15) is 9.18 Å². The molecule has 1 amide bonds. The predicted molar refractivity (Wildman–Crippen MR) is 92.2 cm³/mol. The minimum Gasteiger partial charge on any atom is -0.494 e. The van der Waals surface area contributed by atoms with Crippen molar-refractivity contribution in [2.24, 2.45) is 0 Å². The highest BCUT2D eigenvalue weighted by molar-refractivity contribution is 5.80. The van der Waals surface area contributed by atoms with E-state index in [0.29, 0.717) is 30.4 Å². The number of nitrogens with zero attached hydrogens (tertiary/aromatic N) is 3. The van der Waals surface area contributed by atoms with Gasteiger partial charge >= 0.3 is 0 Å². The van der Waals surface area contributed by atoms with Crippen molar-refractivity contribution < 1.29 is 18.4 Å². The highest BCUT2D eigenvalue weighted by Crippen LogP contribution is 2.33. The number of carbonyl (C=O) groups excluding carboxylic acids is 1. The van der Waals surface area contributed by atoms with E-state index in [1.807, 2.05) is 4.90 Å². The van der Waals surface area contributed by atoms with E-state index in [0.717, 1.165) is 12.8 Å². The lowest BCUT2D eigenvalue weighted by atomic mass is 9.94. The fourth-order valence-corrected chi connectivity index (χ4v) is 3.97. The average Bonchev–Trinajstić information content (AvgIpc) is 3.29. The van der Waals surface area contributed by atoms with Crippen molar-refractivity contribution in [1.82, 2.24) is 15.0 Å². The van der Waals surface area contributed by atoms with Crippen LogP contribution in [0.25, 0.3) is 11.5 Å². The van der Waals surface area contributed by atoms with Crippen LogP contribution in [0.1, 0.15) is 50.3 Å². The smallest absolute Gasteiger partial charge is 0.258 e. The minimum atomic E-state index is -0.482. The summed E-state index contributed by atoms with van der Waals surface area (Å²) in [5.74, 6) is 0.559. The number of ether oxygens (including phenoxy) is 1. The molecule has 26 heavy (non-hydrogen) atoms. The minimum absolute atomic E-state index is 0.0648. The Morgan fingerprint density at radius 3 is 2.81 bits per heavy atom. The molecule has 2 heterocycles. The first kappa shape index (κ1) is 17.0. The summed E-state index contributed by atoms with van der Waals surface area (Å²) in [5, 5.41) is 4.04. The summed E-state index contributed by atoms with van der Waals surface area (Å²) in [7, 11) is 1.41. The average molecular weight is 359 g/mol. The molecule has 2 aromatic rings. The molecule has 0 unspecified atom stereocenters. The number of benzene rings is 1. The summed E-state index contributed by atoms with van der Waals surface area (Å²) >= 11 is 0. The monoisotopic (exact) mass is 359 g/mol. The van der Waals surface area contributed by atoms with Crippen molar-refractivity contribution in [3.8, 4) is 17.2 Å². The van der Waals surface area contributed by atoms with Crippen molar-refractivity contribution in [2.75, 3.05) is 13.7 Å². The molecule has 0 spiro atoms. The van der Waals surface area contributed by atoms with E-state index >= 15 is 0 Å². The van der Waals surface area contributed by atoms with Crippen molar-refractivity contribution in [1.29, 1.82) is 0 Å². The summed E-state index contributed by atoms with van der Waals surface area (Å²) in [6.45, 7) is 0.638. The van der Waals surface area contributed by atoms with Gasteiger partial charge in [0.15, 0.2) is 17.4 Å². The summed E-state index contributed by atoms with van der Waals surface area (Å²) in [6, 6.07) is 4.86. The van der Waals surface area contributed by atoms with Crippen LogP contribution in [0.2, 0.25) is 0 Å². The molecule has 1 saturated carbocycles. The number of hydrogen-bond acceptors (Lipinski definition) is 5. The van der Waals surface area contributed by atoms with Gasteiger partial charge in [-0.1, -0.05) is 24.4 Å². The highest BCUT2D eigenvalue weighted by Gasteiger charge is 2.37. The Hall–Kier alpha value is -2.44. The van der Waals surface area contributed by atoms with Crippen LogP contribution in [0.15, 0.2) is 22.7 Å². The summed E-state index contributed by atoms with van der Waals surface area (Å²) in [4.78, 5) is 18.8. The molecule has 1 atom stereocenters.